The molecule has 0 saturated carbocycles. The Kier molecular flexibility index (Phi) is 4.75. The second kappa shape index (κ2) is 6.07. The number of nitrogens with zero attached hydrogens (tertiary/aromatic N) is 1. The Labute approximate surface area is 103 Å². The Bertz CT molecular complexity index is 496. The quantitative estimate of drug-likeness (QED) is 0.835. The van der Waals surface area contributed by atoms with E-state index in [2.05, 4.69) is 0 Å². The Hall–Kier alpha value is -2.00. The summed E-state index contributed by atoms with van der Waals surface area (Å²) in [6.45, 7) is 1.71. The summed E-state index contributed by atoms with van der Waals surface area (Å²) in [5, 5.41) is 8.78. The summed E-state index contributed by atoms with van der Waals surface area (Å²) in [6.07, 6.45) is -2.83. The molecule has 1 rings (SSSR count). The summed E-state index contributed by atoms with van der Waals surface area (Å²) in [7, 11) is 0. The molecule has 0 radical (unpaired) electrons. The van der Waals surface area contributed by atoms with Crippen LogP contribution in [0.2, 0.25) is 0 Å². The molecule has 0 atom stereocenters. The average molecular weight is 254 g/mol. The van der Waals surface area contributed by atoms with Gasteiger partial charge in [-0.05, 0) is 24.6 Å². The standard InChI is InChI=1S/C12H12F2N2O2/c1-2-18-12(17)10-4-9(11(13)14)7(5-15)3-8(10)6-16/h3-4,11H,2,6,16H2,1H3. The number of hydrogen-bond acceptors (Lipinski definition) is 4. The lowest BCUT2D eigenvalue weighted by Gasteiger charge is -2.11. The molecule has 1 aromatic rings. The zero-order valence-electron chi connectivity index (χ0n) is 9.74. The van der Waals surface area contributed by atoms with Crippen molar-refractivity contribution in [1.82, 2.24) is 0 Å². The van der Waals surface area contributed by atoms with Gasteiger partial charge in [-0.15, -0.1) is 0 Å². The number of nitriles is 1. The maximum atomic E-state index is 12.7. The smallest absolute Gasteiger partial charge is 0.338 e. The molecule has 0 aliphatic carbocycles. The van der Waals surface area contributed by atoms with Gasteiger partial charge in [-0.25, -0.2) is 13.6 Å². The van der Waals surface area contributed by atoms with Gasteiger partial charge in [0.2, 0.25) is 0 Å². The zero-order chi connectivity index (χ0) is 13.7. The van der Waals surface area contributed by atoms with Crippen molar-refractivity contribution < 1.29 is 18.3 Å². The molecular formula is C12H12F2N2O2. The second-order valence-corrected chi connectivity index (χ2v) is 3.43. The second-order valence-electron chi connectivity index (χ2n) is 3.43. The highest BCUT2D eigenvalue weighted by molar-refractivity contribution is 5.91. The molecule has 2 N–H and O–H groups in total. The number of nitrogens with two attached hydrogens (primary N) is 1. The van der Waals surface area contributed by atoms with E-state index >= 15 is 0 Å². The molecule has 0 unspecified atom stereocenters. The van der Waals surface area contributed by atoms with E-state index in [9.17, 15) is 13.6 Å². The molecule has 0 spiro atoms. The van der Waals surface area contributed by atoms with Crippen molar-refractivity contribution in [3.63, 3.8) is 0 Å². The summed E-state index contributed by atoms with van der Waals surface area (Å²) in [6, 6.07) is 3.84. The largest absolute Gasteiger partial charge is 0.462 e. The first-order valence-electron chi connectivity index (χ1n) is 5.27. The van der Waals surface area contributed by atoms with Crippen molar-refractivity contribution in [2.45, 2.75) is 19.9 Å². The maximum Gasteiger partial charge on any atom is 0.338 e. The first-order valence-corrected chi connectivity index (χ1v) is 5.27. The molecule has 18 heavy (non-hydrogen) atoms. The van der Waals surface area contributed by atoms with E-state index in [-0.39, 0.29) is 24.3 Å². The van der Waals surface area contributed by atoms with Crippen LogP contribution in [-0.4, -0.2) is 12.6 Å². The van der Waals surface area contributed by atoms with Crippen LogP contribution in [0.3, 0.4) is 0 Å². The minimum atomic E-state index is -2.83. The highest BCUT2D eigenvalue weighted by Crippen LogP contribution is 2.26. The Balaban J connectivity index is 3.37. The third-order valence-corrected chi connectivity index (χ3v) is 2.35. The summed E-state index contributed by atoms with van der Waals surface area (Å²) >= 11 is 0. The van der Waals surface area contributed by atoms with Crippen molar-refractivity contribution in [3.8, 4) is 6.07 Å². The number of esters is 1. The summed E-state index contributed by atoms with van der Waals surface area (Å²) in [5.41, 5.74) is 5.05. The molecule has 0 saturated heterocycles. The number of ether oxygens (including phenoxy) is 1. The van der Waals surface area contributed by atoms with Crippen molar-refractivity contribution in [2.24, 2.45) is 5.73 Å². The minimum Gasteiger partial charge on any atom is -0.462 e. The van der Waals surface area contributed by atoms with Crippen LogP contribution < -0.4 is 5.73 Å². The fourth-order valence-electron chi connectivity index (χ4n) is 1.51. The van der Waals surface area contributed by atoms with Crippen LogP contribution in [0.1, 0.15) is 40.4 Å². The molecule has 0 aliphatic rings. The molecule has 0 amide bonds. The van der Waals surface area contributed by atoms with Gasteiger partial charge in [-0.2, -0.15) is 5.26 Å². The van der Waals surface area contributed by atoms with Crippen LogP contribution in [0.5, 0.6) is 0 Å². The first kappa shape index (κ1) is 14.1. The van der Waals surface area contributed by atoms with E-state index in [4.69, 9.17) is 15.7 Å². The SMILES string of the molecule is CCOC(=O)c1cc(C(F)F)c(C#N)cc1CN. The Morgan fingerprint density at radius 3 is 2.67 bits per heavy atom. The molecule has 96 valence electrons. The van der Waals surface area contributed by atoms with E-state index in [0.717, 1.165) is 6.07 Å². The summed E-state index contributed by atoms with van der Waals surface area (Å²) in [4.78, 5) is 11.6. The van der Waals surface area contributed by atoms with Crippen LogP contribution >= 0.6 is 0 Å². The van der Waals surface area contributed by atoms with E-state index < -0.39 is 18.0 Å². The summed E-state index contributed by atoms with van der Waals surface area (Å²) in [5.74, 6) is -0.718. The molecule has 6 heteroatoms. The molecule has 0 bridgehead atoms. The normalized spacial score (nSPS) is 10.2. The predicted molar refractivity (Wildman–Crippen MR) is 60.0 cm³/mol. The molecular weight excluding hydrogens is 242 g/mol. The monoisotopic (exact) mass is 254 g/mol. The number of carbonyl (C=O) groups is 1. The van der Waals surface area contributed by atoms with E-state index in [1.807, 2.05) is 0 Å². The third kappa shape index (κ3) is 2.81. The molecule has 0 heterocycles. The van der Waals surface area contributed by atoms with Gasteiger partial charge in [-0.1, -0.05) is 0 Å². The van der Waals surface area contributed by atoms with Crippen LogP contribution in [-0.2, 0) is 11.3 Å². The lowest BCUT2D eigenvalue weighted by molar-refractivity contribution is 0.0524. The number of rotatable bonds is 4. The lowest BCUT2D eigenvalue weighted by Crippen LogP contribution is -2.12. The van der Waals surface area contributed by atoms with Gasteiger partial charge in [0.25, 0.3) is 6.43 Å². The van der Waals surface area contributed by atoms with E-state index in [1.54, 1.807) is 13.0 Å². The van der Waals surface area contributed by atoms with Gasteiger partial charge in [0.1, 0.15) is 0 Å². The van der Waals surface area contributed by atoms with E-state index in [1.165, 1.54) is 6.07 Å². The highest BCUT2D eigenvalue weighted by atomic mass is 19.3. The molecule has 0 aromatic heterocycles. The van der Waals surface area contributed by atoms with Crippen LogP contribution in [0, 0.1) is 11.3 Å². The number of benzene rings is 1. The molecule has 4 nitrogen and oxygen atoms in total. The van der Waals surface area contributed by atoms with Crippen molar-refractivity contribution in [1.29, 1.82) is 5.26 Å². The number of hydrogen-bond donors (Lipinski definition) is 1. The van der Waals surface area contributed by atoms with Crippen LogP contribution in [0.15, 0.2) is 12.1 Å². The van der Waals surface area contributed by atoms with Gasteiger partial charge in [0, 0.05) is 12.1 Å². The third-order valence-electron chi connectivity index (χ3n) is 2.35. The minimum absolute atomic E-state index is 0.0198. The van der Waals surface area contributed by atoms with Crippen LogP contribution in [0.25, 0.3) is 0 Å². The first-order chi connectivity index (χ1) is 8.54. The predicted octanol–water partition coefficient (Wildman–Crippen LogP) is 2.13. The molecule has 0 fully saturated rings. The fourth-order valence-corrected chi connectivity index (χ4v) is 1.51. The van der Waals surface area contributed by atoms with Crippen molar-refractivity contribution in [2.75, 3.05) is 6.61 Å². The fraction of sp³-hybridized carbons (Fsp3) is 0.333. The van der Waals surface area contributed by atoms with Gasteiger partial charge in [-0.3, -0.25) is 0 Å². The number of carbonyl (C=O) groups excluding carboxylic acids is 1. The summed E-state index contributed by atoms with van der Waals surface area (Å²) < 4.78 is 30.2. The van der Waals surface area contributed by atoms with E-state index in [0.29, 0.717) is 5.56 Å². The number of alkyl halides is 2. The molecule has 0 aliphatic heterocycles. The van der Waals surface area contributed by atoms with Gasteiger partial charge in [0.05, 0.1) is 23.8 Å². The van der Waals surface area contributed by atoms with Crippen LogP contribution in [0.4, 0.5) is 8.78 Å². The van der Waals surface area contributed by atoms with Gasteiger partial charge < -0.3 is 10.5 Å². The lowest BCUT2D eigenvalue weighted by atomic mass is 9.99. The average Bonchev–Trinajstić information content (AvgIpc) is 2.37. The zero-order valence-corrected chi connectivity index (χ0v) is 9.74. The van der Waals surface area contributed by atoms with Crippen molar-refractivity contribution >= 4 is 5.97 Å². The Morgan fingerprint density at radius 1 is 1.56 bits per heavy atom. The van der Waals surface area contributed by atoms with Crippen molar-refractivity contribution in [3.05, 3.63) is 34.4 Å². The topological polar surface area (TPSA) is 76.1 Å². The molecule has 1 aromatic carbocycles. The van der Waals surface area contributed by atoms with Gasteiger partial charge >= 0.3 is 5.97 Å². The number of halogens is 2. The highest BCUT2D eigenvalue weighted by Gasteiger charge is 2.20. The van der Waals surface area contributed by atoms with Gasteiger partial charge in [0.15, 0.2) is 0 Å². The maximum absolute atomic E-state index is 12.7. The Morgan fingerprint density at radius 2 is 2.22 bits per heavy atom.